The van der Waals surface area contributed by atoms with Gasteiger partial charge in [0.2, 0.25) is 0 Å². The predicted octanol–water partition coefficient (Wildman–Crippen LogP) is 1.82. The Morgan fingerprint density at radius 1 is 1.24 bits per heavy atom. The molecular weight excluding hydrogens is 318 g/mol. The summed E-state index contributed by atoms with van der Waals surface area (Å²) in [4.78, 5) is 16.8. The first-order valence-corrected chi connectivity index (χ1v) is 9.26. The molecule has 3 rings (SSSR count). The van der Waals surface area contributed by atoms with Gasteiger partial charge in [0, 0.05) is 38.8 Å². The number of carbonyl (C=O) groups excluding carboxylic acids is 1. The molecule has 6 nitrogen and oxygen atoms in total. The van der Waals surface area contributed by atoms with Gasteiger partial charge >= 0.3 is 6.03 Å². The van der Waals surface area contributed by atoms with Gasteiger partial charge in [0.05, 0.1) is 19.8 Å². The second kappa shape index (κ2) is 9.06. The number of carbonyl (C=O) groups is 1. The standard InChI is InChI=1S/C19H29N3O3/c1-16-14-22(15-18(16)21-9-12-24-13-10-21)19(23)20-8-5-11-25-17-6-3-2-4-7-17/h2-4,6-7,16,18H,5,8-15H2,1H3,(H,20,23)/t16-,18-/m1/s1. The highest BCUT2D eigenvalue weighted by Crippen LogP contribution is 2.22. The summed E-state index contributed by atoms with van der Waals surface area (Å²) in [6.45, 7) is 8.68. The minimum absolute atomic E-state index is 0.0438. The minimum atomic E-state index is 0.0438. The van der Waals surface area contributed by atoms with Crippen molar-refractivity contribution in [2.75, 3.05) is 52.5 Å². The fraction of sp³-hybridized carbons (Fsp3) is 0.632. The maximum absolute atomic E-state index is 12.4. The maximum atomic E-state index is 12.4. The van der Waals surface area contributed by atoms with E-state index in [0.717, 1.165) is 51.6 Å². The van der Waals surface area contributed by atoms with Crippen LogP contribution in [0.25, 0.3) is 0 Å². The van der Waals surface area contributed by atoms with Crippen LogP contribution in [0.5, 0.6) is 5.75 Å². The fourth-order valence-corrected chi connectivity index (χ4v) is 3.59. The number of benzene rings is 1. The summed E-state index contributed by atoms with van der Waals surface area (Å²) in [5, 5.41) is 3.02. The van der Waals surface area contributed by atoms with E-state index in [4.69, 9.17) is 9.47 Å². The minimum Gasteiger partial charge on any atom is -0.494 e. The number of urea groups is 1. The number of amides is 2. The molecule has 0 unspecified atom stereocenters. The Morgan fingerprint density at radius 2 is 2.00 bits per heavy atom. The van der Waals surface area contributed by atoms with E-state index < -0.39 is 0 Å². The van der Waals surface area contributed by atoms with Gasteiger partial charge in [0.25, 0.3) is 0 Å². The molecule has 1 N–H and O–H groups in total. The van der Waals surface area contributed by atoms with E-state index in [2.05, 4.69) is 17.1 Å². The molecular formula is C19H29N3O3. The largest absolute Gasteiger partial charge is 0.494 e. The van der Waals surface area contributed by atoms with Gasteiger partial charge in [-0.3, -0.25) is 4.90 Å². The summed E-state index contributed by atoms with van der Waals surface area (Å²) in [5.41, 5.74) is 0. The zero-order valence-electron chi connectivity index (χ0n) is 15.0. The monoisotopic (exact) mass is 347 g/mol. The maximum Gasteiger partial charge on any atom is 0.317 e. The third kappa shape index (κ3) is 5.09. The van der Waals surface area contributed by atoms with Crippen LogP contribution in [0.3, 0.4) is 0 Å². The van der Waals surface area contributed by atoms with E-state index >= 15 is 0 Å². The molecule has 0 aromatic heterocycles. The van der Waals surface area contributed by atoms with Crippen molar-refractivity contribution in [3.63, 3.8) is 0 Å². The molecule has 2 saturated heterocycles. The third-order valence-corrected chi connectivity index (χ3v) is 4.98. The molecule has 138 valence electrons. The molecule has 0 aliphatic carbocycles. The second-order valence-electron chi connectivity index (χ2n) is 6.84. The molecule has 6 heteroatoms. The highest BCUT2D eigenvalue weighted by molar-refractivity contribution is 5.74. The zero-order chi connectivity index (χ0) is 17.5. The summed E-state index contributed by atoms with van der Waals surface area (Å²) in [5.74, 6) is 1.38. The Labute approximate surface area is 150 Å². The Balaban J connectivity index is 1.34. The van der Waals surface area contributed by atoms with Crippen molar-refractivity contribution < 1.29 is 14.3 Å². The lowest BCUT2D eigenvalue weighted by Gasteiger charge is -2.33. The van der Waals surface area contributed by atoms with Crippen LogP contribution >= 0.6 is 0 Å². The molecule has 0 bridgehead atoms. The summed E-state index contributed by atoms with van der Waals surface area (Å²) >= 11 is 0. The molecule has 2 amide bonds. The van der Waals surface area contributed by atoms with Gasteiger partial charge in [-0.15, -0.1) is 0 Å². The highest BCUT2D eigenvalue weighted by atomic mass is 16.5. The Kier molecular flexibility index (Phi) is 6.53. The van der Waals surface area contributed by atoms with E-state index in [9.17, 15) is 4.79 Å². The van der Waals surface area contributed by atoms with Crippen LogP contribution in [0.4, 0.5) is 4.79 Å². The average molecular weight is 347 g/mol. The molecule has 2 atom stereocenters. The van der Waals surface area contributed by atoms with E-state index in [-0.39, 0.29) is 6.03 Å². The quantitative estimate of drug-likeness (QED) is 0.798. The molecule has 2 fully saturated rings. The summed E-state index contributed by atoms with van der Waals surface area (Å²) in [7, 11) is 0. The van der Waals surface area contributed by atoms with E-state index in [1.807, 2.05) is 35.2 Å². The van der Waals surface area contributed by atoms with Crippen molar-refractivity contribution >= 4 is 6.03 Å². The predicted molar refractivity (Wildman–Crippen MR) is 96.9 cm³/mol. The zero-order valence-corrected chi connectivity index (χ0v) is 15.0. The van der Waals surface area contributed by atoms with Gasteiger partial charge < -0.3 is 19.7 Å². The van der Waals surface area contributed by atoms with Gasteiger partial charge in [-0.1, -0.05) is 25.1 Å². The first kappa shape index (κ1) is 18.0. The number of hydrogen-bond acceptors (Lipinski definition) is 4. The summed E-state index contributed by atoms with van der Waals surface area (Å²) in [6.07, 6.45) is 0.803. The van der Waals surface area contributed by atoms with Crippen molar-refractivity contribution in [1.82, 2.24) is 15.1 Å². The first-order valence-electron chi connectivity index (χ1n) is 9.26. The van der Waals surface area contributed by atoms with E-state index in [1.165, 1.54) is 0 Å². The Hall–Kier alpha value is -1.79. The normalized spacial score (nSPS) is 24.3. The Morgan fingerprint density at radius 3 is 2.76 bits per heavy atom. The van der Waals surface area contributed by atoms with Crippen LogP contribution in [-0.4, -0.2) is 74.4 Å². The molecule has 2 heterocycles. The number of rotatable bonds is 6. The lowest BCUT2D eigenvalue weighted by molar-refractivity contribution is 0.0123. The summed E-state index contributed by atoms with van der Waals surface area (Å²) in [6, 6.07) is 10.3. The van der Waals surface area contributed by atoms with Crippen molar-refractivity contribution in [2.45, 2.75) is 19.4 Å². The van der Waals surface area contributed by atoms with E-state index in [1.54, 1.807) is 0 Å². The van der Waals surface area contributed by atoms with Gasteiger partial charge in [-0.05, 0) is 24.5 Å². The van der Waals surface area contributed by atoms with Gasteiger partial charge in [-0.25, -0.2) is 4.79 Å². The molecule has 2 aliphatic rings. The van der Waals surface area contributed by atoms with Crippen molar-refractivity contribution in [3.05, 3.63) is 30.3 Å². The van der Waals surface area contributed by atoms with Crippen molar-refractivity contribution in [2.24, 2.45) is 5.92 Å². The van der Waals surface area contributed by atoms with Crippen LogP contribution in [0.1, 0.15) is 13.3 Å². The SMILES string of the molecule is C[C@@H]1CN(C(=O)NCCCOc2ccccc2)C[C@H]1N1CCOCC1. The van der Waals surface area contributed by atoms with Crippen LogP contribution in [-0.2, 0) is 4.74 Å². The Bertz CT molecular complexity index is 534. The van der Waals surface area contributed by atoms with Crippen LogP contribution in [0, 0.1) is 5.92 Å². The van der Waals surface area contributed by atoms with Crippen LogP contribution in [0.15, 0.2) is 30.3 Å². The molecule has 1 aromatic carbocycles. The van der Waals surface area contributed by atoms with Gasteiger partial charge in [-0.2, -0.15) is 0 Å². The highest BCUT2D eigenvalue weighted by Gasteiger charge is 2.36. The van der Waals surface area contributed by atoms with Crippen molar-refractivity contribution in [1.29, 1.82) is 0 Å². The average Bonchev–Trinajstić information content (AvgIpc) is 3.05. The van der Waals surface area contributed by atoms with E-state index in [0.29, 0.717) is 25.1 Å². The second-order valence-corrected chi connectivity index (χ2v) is 6.84. The molecule has 1 aromatic rings. The lowest BCUT2D eigenvalue weighted by atomic mass is 10.0. The topological polar surface area (TPSA) is 54.0 Å². The number of nitrogens with one attached hydrogen (secondary N) is 1. The lowest BCUT2D eigenvalue weighted by Crippen LogP contribution is -2.47. The number of para-hydroxylation sites is 1. The first-order chi connectivity index (χ1) is 12.2. The number of nitrogens with zero attached hydrogens (tertiary/aromatic N) is 2. The number of likely N-dealkylation sites (tertiary alicyclic amines) is 1. The molecule has 0 saturated carbocycles. The molecule has 25 heavy (non-hydrogen) atoms. The number of morpholine rings is 1. The number of hydrogen-bond donors (Lipinski definition) is 1. The van der Waals surface area contributed by atoms with Gasteiger partial charge in [0.1, 0.15) is 5.75 Å². The van der Waals surface area contributed by atoms with Gasteiger partial charge in [0.15, 0.2) is 0 Å². The van der Waals surface area contributed by atoms with Crippen LogP contribution in [0.2, 0.25) is 0 Å². The molecule has 2 aliphatic heterocycles. The smallest absolute Gasteiger partial charge is 0.317 e. The third-order valence-electron chi connectivity index (χ3n) is 4.98. The number of ether oxygens (including phenoxy) is 2. The molecule has 0 radical (unpaired) electrons. The summed E-state index contributed by atoms with van der Waals surface area (Å²) < 4.78 is 11.1. The molecule has 0 spiro atoms. The van der Waals surface area contributed by atoms with Crippen LogP contribution < -0.4 is 10.1 Å². The van der Waals surface area contributed by atoms with Crippen molar-refractivity contribution in [3.8, 4) is 5.75 Å². The fourth-order valence-electron chi connectivity index (χ4n) is 3.59.